The Bertz CT molecular complexity index is 993. The monoisotopic (exact) mass is 374 g/mol. The smallest absolute Gasteiger partial charge is 0.258 e. The number of rotatable bonds is 6. The molecule has 0 aliphatic carbocycles. The van der Waals surface area contributed by atoms with E-state index in [1.807, 2.05) is 24.3 Å². The molecule has 0 aliphatic heterocycles. The summed E-state index contributed by atoms with van der Waals surface area (Å²) in [7, 11) is 0. The SMILES string of the molecule is CC(C)CCCc1ccc(-c2cc(C(=O)NC(=N)N)c3ccccc3n2)cc1. The molecule has 0 bridgehead atoms. The Balaban J connectivity index is 1.92. The lowest BCUT2D eigenvalue weighted by Crippen LogP contribution is -2.35. The number of nitrogens with zero attached hydrogens (tertiary/aromatic N) is 1. The second-order valence-electron chi connectivity index (χ2n) is 7.42. The Morgan fingerprint density at radius 3 is 2.54 bits per heavy atom. The summed E-state index contributed by atoms with van der Waals surface area (Å²) in [5.41, 5.74) is 9.50. The van der Waals surface area contributed by atoms with E-state index >= 15 is 0 Å². The Morgan fingerprint density at radius 2 is 1.86 bits per heavy atom. The van der Waals surface area contributed by atoms with E-state index in [0.29, 0.717) is 5.56 Å². The molecular weight excluding hydrogens is 348 g/mol. The predicted molar refractivity (Wildman–Crippen MR) is 114 cm³/mol. The molecule has 3 rings (SSSR count). The summed E-state index contributed by atoms with van der Waals surface area (Å²) in [5.74, 6) is -0.0588. The molecule has 5 nitrogen and oxygen atoms in total. The van der Waals surface area contributed by atoms with Gasteiger partial charge in [-0.3, -0.25) is 15.5 Å². The van der Waals surface area contributed by atoms with Crippen molar-refractivity contribution in [3.05, 3.63) is 65.7 Å². The van der Waals surface area contributed by atoms with Gasteiger partial charge in [-0.1, -0.05) is 62.7 Å². The maximum atomic E-state index is 12.5. The lowest BCUT2D eigenvalue weighted by Gasteiger charge is -2.10. The van der Waals surface area contributed by atoms with Gasteiger partial charge in [0.25, 0.3) is 5.91 Å². The molecular formula is C23H26N4O. The van der Waals surface area contributed by atoms with Crippen LogP contribution in [0, 0.1) is 11.3 Å². The Labute approximate surface area is 165 Å². The van der Waals surface area contributed by atoms with Gasteiger partial charge in [0.1, 0.15) is 0 Å². The van der Waals surface area contributed by atoms with Gasteiger partial charge < -0.3 is 5.73 Å². The van der Waals surface area contributed by atoms with Gasteiger partial charge in [-0.25, -0.2) is 4.98 Å². The van der Waals surface area contributed by atoms with Crippen molar-refractivity contribution in [2.45, 2.75) is 33.1 Å². The second-order valence-corrected chi connectivity index (χ2v) is 7.42. The highest BCUT2D eigenvalue weighted by molar-refractivity contribution is 6.12. The van der Waals surface area contributed by atoms with Crippen LogP contribution in [0.2, 0.25) is 0 Å². The molecule has 0 spiro atoms. The largest absolute Gasteiger partial charge is 0.370 e. The maximum absolute atomic E-state index is 12.5. The van der Waals surface area contributed by atoms with Crippen molar-refractivity contribution in [2.75, 3.05) is 0 Å². The maximum Gasteiger partial charge on any atom is 0.258 e. The highest BCUT2D eigenvalue weighted by Crippen LogP contribution is 2.25. The molecule has 0 saturated heterocycles. The number of guanidine groups is 1. The number of fused-ring (bicyclic) bond motifs is 1. The molecule has 0 aliphatic rings. The minimum absolute atomic E-state index is 0.377. The third-order valence-electron chi connectivity index (χ3n) is 4.71. The molecule has 5 heteroatoms. The van der Waals surface area contributed by atoms with Crippen LogP contribution in [0.5, 0.6) is 0 Å². The van der Waals surface area contributed by atoms with E-state index in [1.54, 1.807) is 6.07 Å². The molecule has 0 radical (unpaired) electrons. The number of hydrogen-bond acceptors (Lipinski definition) is 3. The van der Waals surface area contributed by atoms with Crippen molar-refractivity contribution >= 4 is 22.8 Å². The zero-order valence-corrected chi connectivity index (χ0v) is 16.3. The van der Waals surface area contributed by atoms with Crippen LogP contribution in [0.3, 0.4) is 0 Å². The van der Waals surface area contributed by atoms with E-state index in [2.05, 4.69) is 43.4 Å². The molecule has 0 unspecified atom stereocenters. The fraction of sp³-hybridized carbons (Fsp3) is 0.261. The van der Waals surface area contributed by atoms with Gasteiger partial charge in [0.2, 0.25) is 0 Å². The van der Waals surface area contributed by atoms with Crippen molar-refractivity contribution in [2.24, 2.45) is 11.7 Å². The average molecular weight is 374 g/mol. The fourth-order valence-corrected chi connectivity index (χ4v) is 3.26. The number of carbonyl (C=O) groups is 1. The summed E-state index contributed by atoms with van der Waals surface area (Å²) in [6.07, 6.45) is 3.47. The number of nitrogens with one attached hydrogen (secondary N) is 2. The van der Waals surface area contributed by atoms with Crippen LogP contribution < -0.4 is 11.1 Å². The van der Waals surface area contributed by atoms with Crippen molar-refractivity contribution < 1.29 is 4.79 Å². The van der Waals surface area contributed by atoms with Crippen molar-refractivity contribution in [1.82, 2.24) is 10.3 Å². The molecule has 0 saturated carbocycles. The summed E-state index contributed by atoms with van der Waals surface area (Å²) in [6.45, 7) is 4.49. The third-order valence-corrected chi connectivity index (χ3v) is 4.71. The van der Waals surface area contributed by atoms with E-state index in [1.165, 1.54) is 18.4 Å². The number of aromatic nitrogens is 1. The summed E-state index contributed by atoms with van der Waals surface area (Å²) in [5, 5.41) is 10.4. The Morgan fingerprint density at radius 1 is 1.14 bits per heavy atom. The van der Waals surface area contributed by atoms with E-state index in [0.717, 1.165) is 34.5 Å². The minimum atomic E-state index is -0.405. The zero-order chi connectivity index (χ0) is 20.1. The Kier molecular flexibility index (Phi) is 6.04. The van der Waals surface area contributed by atoms with E-state index < -0.39 is 5.91 Å². The van der Waals surface area contributed by atoms with Crippen LogP contribution in [0.25, 0.3) is 22.2 Å². The number of carbonyl (C=O) groups excluding carboxylic acids is 1. The summed E-state index contributed by atoms with van der Waals surface area (Å²) < 4.78 is 0. The van der Waals surface area contributed by atoms with Crippen LogP contribution in [-0.2, 0) is 6.42 Å². The lowest BCUT2D eigenvalue weighted by atomic mass is 10.00. The molecule has 0 atom stereocenters. The summed E-state index contributed by atoms with van der Waals surface area (Å²) in [6, 6.07) is 17.6. The average Bonchev–Trinajstić information content (AvgIpc) is 2.67. The number of hydrogen-bond donors (Lipinski definition) is 3. The van der Waals surface area contributed by atoms with Crippen molar-refractivity contribution in [3.63, 3.8) is 0 Å². The molecule has 1 aromatic heterocycles. The van der Waals surface area contributed by atoms with Crippen LogP contribution in [0.1, 0.15) is 42.6 Å². The number of benzene rings is 2. The number of aryl methyl sites for hydroxylation is 1. The number of nitrogens with two attached hydrogens (primary N) is 1. The molecule has 144 valence electrons. The summed E-state index contributed by atoms with van der Waals surface area (Å²) in [4.78, 5) is 17.2. The van der Waals surface area contributed by atoms with Gasteiger partial charge in [0.05, 0.1) is 16.8 Å². The molecule has 2 aromatic carbocycles. The van der Waals surface area contributed by atoms with Gasteiger partial charge in [0.15, 0.2) is 5.96 Å². The van der Waals surface area contributed by atoms with E-state index in [-0.39, 0.29) is 5.96 Å². The van der Waals surface area contributed by atoms with Crippen LogP contribution in [0.4, 0.5) is 0 Å². The molecule has 1 heterocycles. The molecule has 4 N–H and O–H groups in total. The van der Waals surface area contributed by atoms with E-state index in [4.69, 9.17) is 16.1 Å². The minimum Gasteiger partial charge on any atom is -0.370 e. The summed E-state index contributed by atoms with van der Waals surface area (Å²) >= 11 is 0. The molecule has 1 amide bonds. The lowest BCUT2D eigenvalue weighted by molar-refractivity contribution is 0.0978. The number of amides is 1. The first-order valence-electron chi connectivity index (χ1n) is 9.58. The fourth-order valence-electron chi connectivity index (χ4n) is 3.26. The molecule has 0 fully saturated rings. The molecule has 28 heavy (non-hydrogen) atoms. The highest BCUT2D eigenvalue weighted by Gasteiger charge is 2.14. The first kappa shape index (κ1) is 19.5. The quantitative estimate of drug-likeness (QED) is 0.438. The number of pyridine rings is 1. The van der Waals surface area contributed by atoms with E-state index in [9.17, 15) is 4.79 Å². The first-order valence-corrected chi connectivity index (χ1v) is 9.58. The van der Waals surface area contributed by atoms with Gasteiger partial charge >= 0.3 is 0 Å². The van der Waals surface area contributed by atoms with Crippen molar-refractivity contribution in [1.29, 1.82) is 5.41 Å². The van der Waals surface area contributed by atoms with Crippen molar-refractivity contribution in [3.8, 4) is 11.3 Å². The standard InChI is InChI=1S/C23H26N4O/c1-15(2)6-5-7-16-10-12-17(13-11-16)21-14-19(22(28)27-23(24)25)18-8-3-4-9-20(18)26-21/h3-4,8-15H,5-7H2,1-2H3,(H4,24,25,27,28). The molecule has 3 aromatic rings. The van der Waals surface area contributed by atoms with Gasteiger partial charge in [-0.15, -0.1) is 0 Å². The van der Waals surface area contributed by atoms with Gasteiger partial charge in [0, 0.05) is 10.9 Å². The van der Waals surface area contributed by atoms with Crippen LogP contribution in [-0.4, -0.2) is 16.9 Å². The zero-order valence-electron chi connectivity index (χ0n) is 16.3. The predicted octanol–water partition coefficient (Wildman–Crippen LogP) is 4.50. The highest BCUT2D eigenvalue weighted by atomic mass is 16.1. The second kappa shape index (κ2) is 8.65. The van der Waals surface area contributed by atoms with Gasteiger partial charge in [-0.05, 0) is 36.5 Å². The topological polar surface area (TPSA) is 91.9 Å². The third kappa shape index (κ3) is 4.74. The van der Waals surface area contributed by atoms with Gasteiger partial charge in [-0.2, -0.15) is 0 Å². The van der Waals surface area contributed by atoms with Crippen LogP contribution in [0.15, 0.2) is 54.6 Å². The Hall–Kier alpha value is -3.21. The first-order chi connectivity index (χ1) is 13.4. The number of para-hydroxylation sites is 1. The van der Waals surface area contributed by atoms with Crippen LogP contribution >= 0.6 is 0 Å². The normalized spacial score (nSPS) is 11.0.